The van der Waals surface area contributed by atoms with Gasteiger partial charge in [0.25, 0.3) is 0 Å². The minimum Gasteiger partial charge on any atom is -0.462 e. The average Bonchev–Trinajstić information content (AvgIpc) is 3.27. The summed E-state index contributed by atoms with van der Waals surface area (Å²) in [6.07, 6.45) is 63.2. The zero-order chi connectivity index (χ0) is 45.1. The van der Waals surface area contributed by atoms with Crippen molar-refractivity contribution in [1.82, 2.24) is 0 Å². The van der Waals surface area contributed by atoms with Gasteiger partial charge in [0.1, 0.15) is 13.2 Å². The van der Waals surface area contributed by atoms with Crippen LogP contribution in [0.3, 0.4) is 0 Å². The number of rotatable bonds is 46. The number of unbranched alkanes of at least 4 members (excludes halogenated alkanes) is 27. The molecule has 0 aromatic rings. The van der Waals surface area contributed by atoms with Gasteiger partial charge < -0.3 is 14.2 Å². The molecule has 0 N–H and O–H groups in total. The first kappa shape index (κ1) is 58.9. The summed E-state index contributed by atoms with van der Waals surface area (Å²) in [6.45, 7) is 6.43. The van der Waals surface area contributed by atoms with Gasteiger partial charge in [-0.15, -0.1) is 0 Å². The van der Waals surface area contributed by atoms with Crippen molar-refractivity contribution in [1.29, 1.82) is 0 Å². The second-order valence-corrected chi connectivity index (χ2v) is 17.2. The first-order chi connectivity index (χ1) is 30.5. The number of esters is 3. The zero-order valence-electron chi connectivity index (χ0n) is 40.6. The Morgan fingerprint density at radius 3 is 1.08 bits per heavy atom. The highest BCUT2D eigenvalue weighted by Crippen LogP contribution is 2.15. The Hall–Kier alpha value is -3.15. The smallest absolute Gasteiger partial charge is 0.306 e. The van der Waals surface area contributed by atoms with Gasteiger partial charge in [0.2, 0.25) is 0 Å². The maximum absolute atomic E-state index is 12.8. The second-order valence-electron chi connectivity index (χ2n) is 17.2. The quantitative estimate of drug-likeness (QED) is 0.0199. The van der Waals surface area contributed by atoms with E-state index in [1.165, 1.54) is 148 Å². The summed E-state index contributed by atoms with van der Waals surface area (Å²) in [6, 6.07) is 0. The first-order valence-electron chi connectivity index (χ1n) is 26.0. The Morgan fingerprint density at radius 2 is 0.661 bits per heavy atom. The molecule has 0 amide bonds. The summed E-state index contributed by atoms with van der Waals surface area (Å²) in [5.74, 6) is -0.975. The third-order valence-corrected chi connectivity index (χ3v) is 11.1. The fourth-order valence-corrected chi connectivity index (χ4v) is 7.17. The average molecular weight is 865 g/mol. The number of carbonyl (C=O) groups is 3. The van der Waals surface area contributed by atoms with Crippen LogP contribution in [0.15, 0.2) is 72.9 Å². The predicted molar refractivity (Wildman–Crippen MR) is 265 cm³/mol. The highest BCUT2D eigenvalue weighted by Gasteiger charge is 2.19. The van der Waals surface area contributed by atoms with Crippen molar-refractivity contribution < 1.29 is 28.6 Å². The van der Waals surface area contributed by atoms with Crippen molar-refractivity contribution in [3.05, 3.63) is 72.9 Å². The molecule has 0 aliphatic carbocycles. The molecule has 0 aromatic heterocycles. The molecule has 0 rings (SSSR count). The summed E-state index contributed by atoms with van der Waals surface area (Å²) >= 11 is 0. The number of hydrogen-bond donors (Lipinski definition) is 0. The molecule has 0 saturated heterocycles. The van der Waals surface area contributed by atoms with Crippen LogP contribution >= 0.6 is 0 Å². The molecule has 1 atom stereocenters. The topological polar surface area (TPSA) is 78.9 Å². The molecule has 0 aliphatic heterocycles. The molecule has 1 unspecified atom stereocenters. The van der Waals surface area contributed by atoms with E-state index < -0.39 is 6.10 Å². The van der Waals surface area contributed by atoms with E-state index in [0.717, 1.165) is 51.4 Å². The van der Waals surface area contributed by atoms with Crippen LogP contribution in [0.4, 0.5) is 0 Å². The van der Waals surface area contributed by atoms with Gasteiger partial charge in [0.05, 0.1) is 0 Å². The van der Waals surface area contributed by atoms with E-state index in [0.29, 0.717) is 19.3 Å². The Morgan fingerprint density at radius 1 is 0.339 bits per heavy atom. The van der Waals surface area contributed by atoms with Gasteiger partial charge in [-0.3, -0.25) is 14.4 Å². The molecule has 62 heavy (non-hydrogen) atoms. The molecule has 356 valence electrons. The molecule has 6 nitrogen and oxygen atoms in total. The maximum Gasteiger partial charge on any atom is 0.306 e. The standard InChI is InChI=1S/C56H96O6/c1-4-7-10-13-16-19-22-25-27-28-29-32-34-37-40-43-46-49-55(58)61-52-53(51-60-54(57)48-45-42-39-36-33-30-24-21-18-15-12-9-6-3)62-56(59)50-47-44-41-38-35-31-26-23-20-17-14-11-8-5-2/h9,12,15,18,21,24-25,27,30,33,36,39,53H,4-8,10-11,13-14,16-17,19-20,22-23,26,28-29,31-32,34-35,37-38,40-52H2,1-3H3/b12-9-,18-15-,24-21-,27-25-,33-30-,39-36-. The van der Waals surface area contributed by atoms with Gasteiger partial charge in [0, 0.05) is 19.3 Å². The van der Waals surface area contributed by atoms with Crippen LogP contribution in [0.25, 0.3) is 0 Å². The normalized spacial score (nSPS) is 12.6. The SMILES string of the molecule is CC\C=C/C=C\C=C/C=C\C=C/CCCC(=O)OCC(COC(=O)CCCCCCCCC/C=C\CCCCCCCC)OC(=O)CCCCCCCCCCCCCCCC. The van der Waals surface area contributed by atoms with E-state index in [4.69, 9.17) is 14.2 Å². The molecule has 0 fully saturated rings. The van der Waals surface area contributed by atoms with E-state index in [2.05, 4.69) is 39.0 Å². The molecule has 0 aliphatic rings. The summed E-state index contributed by atoms with van der Waals surface area (Å²) in [7, 11) is 0. The fourth-order valence-electron chi connectivity index (χ4n) is 7.17. The third-order valence-electron chi connectivity index (χ3n) is 11.1. The number of ether oxygens (including phenoxy) is 3. The molecular formula is C56H96O6. The maximum atomic E-state index is 12.8. The summed E-state index contributed by atoms with van der Waals surface area (Å²) in [5, 5.41) is 0. The van der Waals surface area contributed by atoms with Gasteiger partial charge in [0.15, 0.2) is 6.10 Å². The van der Waals surface area contributed by atoms with E-state index in [1.807, 2.05) is 54.7 Å². The van der Waals surface area contributed by atoms with Crippen molar-refractivity contribution in [3.63, 3.8) is 0 Å². The molecule has 0 spiro atoms. The van der Waals surface area contributed by atoms with E-state index in [9.17, 15) is 14.4 Å². The molecule has 0 bridgehead atoms. The van der Waals surface area contributed by atoms with Crippen LogP contribution in [0, 0.1) is 0 Å². The lowest BCUT2D eigenvalue weighted by Crippen LogP contribution is -2.30. The van der Waals surface area contributed by atoms with Crippen LogP contribution in [0.5, 0.6) is 0 Å². The number of allylic oxidation sites excluding steroid dienone is 12. The lowest BCUT2D eigenvalue weighted by molar-refractivity contribution is -0.167. The Kier molecular flexibility index (Phi) is 47.9. The highest BCUT2D eigenvalue weighted by atomic mass is 16.6. The molecule has 0 radical (unpaired) electrons. The van der Waals surface area contributed by atoms with Crippen molar-refractivity contribution >= 4 is 17.9 Å². The minimum absolute atomic E-state index is 0.0985. The van der Waals surface area contributed by atoms with Crippen LogP contribution < -0.4 is 0 Å². The van der Waals surface area contributed by atoms with E-state index in [1.54, 1.807) is 0 Å². The first-order valence-corrected chi connectivity index (χ1v) is 26.0. The third kappa shape index (κ3) is 47.9. The molecule has 0 aromatic carbocycles. The van der Waals surface area contributed by atoms with E-state index in [-0.39, 0.29) is 37.5 Å². The summed E-state index contributed by atoms with van der Waals surface area (Å²) in [5.41, 5.74) is 0. The molecule has 0 saturated carbocycles. The van der Waals surface area contributed by atoms with Gasteiger partial charge in [-0.25, -0.2) is 0 Å². The summed E-state index contributed by atoms with van der Waals surface area (Å²) < 4.78 is 16.7. The Labute approximate surface area is 382 Å². The van der Waals surface area contributed by atoms with Crippen LogP contribution in [0.1, 0.15) is 245 Å². The van der Waals surface area contributed by atoms with E-state index >= 15 is 0 Å². The Bertz CT molecular complexity index is 1180. The number of carbonyl (C=O) groups excluding carboxylic acids is 3. The zero-order valence-corrected chi connectivity index (χ0v) is 40.6. The monoisotopic (exact) mass is 865 g/mol. The molecule has 6 heteroatoms. The van der Waals surface area contributed by atoms with Crippen LogP contribution in [0.2, 0.25) is 0 Å². The lowest BCUT2D eigenvalue weighted by Gasteiger charge is -2.18. The van der Waals surface area contributed by atoms with Crippen molar-refractivity contribution in [2.24, 2.45) is 0 Å². The van der Waals surface area contributed by atoms with Crippen molar-refractivity contribution in [2.45, 2.75) is 252 Å². The molecule has 0 heterocycles. The number of hydrogen-bond acceptors (Lipinski definition) is 6. The van der Waals surface area contributed by atoms with Gasteiger partial charge in [-0.1, -0.05) is 241 Å². The van der Waals surface area contributed by atoms with Gasteiger partial charge in [-0.05, 0) is 57.8 Å². The lowest BCUT2D eigenvalue weighted by atomic mass is 10.0. The Balaban J connectivity index is 4.45. The van der Waals surface area contributed by atoms with Gasteiger partial charge in [-0.2, -0.15) is 0 Å². The fraction of sp³-hybridized carbons (Fsp3) is 0.732. The predicted octanol–water partition coefficient (Wildman–Crippen LogP) is 17.0. The summed E-state index contributed by atoms with van der Waals surface area (Å²) in [4.78, 5) is 37.9. The second kappa shape index (κ2) is 50.5. The minimum atomic E-state index is -0.803. The van der Waals surface area contributed by atoms with Gasteiger partial charge >= 0.3 is 17.9 Å². The van der Waals surface area contributed by atoms with Crippen molar-refractivity contribution in [2.75, 3.05) is 13.2 Å². The highest BCUT2D eigenvalue weighted by molar-refractivity contribution is 5.71. The van der Waals surface area contributed by atoms with Crippen LogP contribution in [-0.4, -0.2) is 37.2 Å². The van der Waals surface area contributed by atoms with Crippen LogP contribution in [-0.2, 0) is 28.6 Å². The van der Waals surface area contributed by atoms with Crippen molar-refractivity contribution in [3.8, 4) is 0 Å². The molecular weight excluding hydrogens is 769 g/mol. The largest absolute Gasteiger partial charge is 0.462 e.